The molecule has 130 valence electrons. The molecule has 0 radical (unpaired) electrons. The molecule has 3 rings (SSSR count). The third kappa shape index (κ3) is 4.86. The van der Waals surface area contributed by atoms with Crippen molar-refractivity contribution in [1.82, 2.24) is 4.98 Å². The number of rotatable bonds is 7. The molecule has 0 spiro atoms. The number of ether oxygens (including phenoxy) is 2. The summed E-state index contributed by atoms with van der Waals surface area (Å²) in [7, 11) is 0. The number of pyridine rings is 1. The minimum atomic E-state index is 0.482. The lowest BCUT2D eigenvalue weighted by molar-refractivity contribution is 0.280. The number of aromatic nitrogens is 1. The van der Waals surface area contributed by atoms with Crippen LogP contribution in [0.2, 0.25) is 5.02 Å². The predicted molar refractivity (Wildman–Crippen MR) is 102 cm³/mol. The van der Waals surface area contributed by atoms with Crippen LogP contribution in [0.3, 0.4) is 0 Å². The van der Waals surface area contributed by atoms with E-state index in [9.17, 15) is 0 Å². The molecule has 0 aliphatic rings. The van der Waals surface area contributed by atoms with Crippen molar-refractivity contribution in [2.24, 2.45) is 5.92 Å². The van der Waals surface area contributed by atoms with Gasteiger partial charge < -0.3 is 9.47 Å². The van der Waals surface area contributed by atoms with Crippen molar-refractivity contribution in [1.29, 1.82) is 0 Å². The smallest absolute Gasteiger partial charge is 0.213 e. The quantitative estimate of drug-likeness (QED) is 0.529. The van der Waals surface area contributed by atoms with Gasteiger partial charge in [-0.25, -0.2) is 4.98 Å². The van der Waals surface area contributed by atoms with Crippen LogP contribution in [0.25, 0.3) is 10.9 Å². The summed E-state index contributed by atoms with van der Waals surface area (Å²) in [6, 6.07) is 17.6. The molecule has 2 aromatic carbocycles. The third-order valence-corrected chi connectivity index (χ3v) is 4.19. The van der Waals surface area contributed by atoms with Crippen LogP contribution in [0.15, 0.2) is 54.6 Å². The Morgan fingerprint density at radius 1 is 1.00 bits per heavy atom. The van der Waals surface area contributed by atoms with Gasteiger partial charge in [0.05, 0.1) is 17.1 Å². The molecule has 0 N–H and O–H groups in total. The highest BCUT2D eigenvalue weighted by molar-refractivity contribution is 6.32. The molecule has 0 aliphatic heterocycles. The van der Waals surface area contributed by atoms with E-state index >= 15 is 0 Å². The normalized spacial score (nSPS) is 11.0. The topological polar surface area (TPSA) is 31.4 Å². The first-order chi connectivity index (χ1) is 12.1. The number of nitrogens with zero attached hydrogens (tertiary/aromatic N) is 1. The Labute approximate surface area is 153 Å². The van der Waals surface area contributed by atoms with Crippen LogP contribution >= 0.6 is 11.6 Å². The minimum Gasteiger partial charge on any atom is -0.487 e. The molecule has 0 amide bonds. The lowest BCUT2D eigenvalue weighted by Gasteiger charge is -2.11. The molecule has 0 saturated carbocycles. The first-order valence-corrected chi connectivity index (χ1v) is 8.89. The molecular formula is C21H22ClNO2. The van der Waals surface area contributed by atoms with Crippen LogP contribution in [-0.4, -0.2) is 11.6 Å². The summed E-state index contributed by atoms with van der Waals surface area (Å²) in [5.74, 6) is 1.90. The van der Waals surface area contributed by atoms with Crippen LogP contribution in [0, 0.1) is 5.92 Å². The average Bonchev–Trinajstić information content (AvgIpc) is 2.60. The van der Waals surface area contributed by atoms with Gasteiger partial charge >= 0.3 is 0 Å². The summed E-state index contributed by atoms with van der Waals surface area (Å²) in [4.78, 5) is 4.53. The molecule has 0 fully saturated rings. The molecule has 0 atom stereocenters. The highest BCUT2D eigenvalue weighted by Crippen LogP contribution is 2.31. The van der Waals surface area contributed by atoms with E-state index in [2.05, 4.69) is 18.8 Å². The fourth-order valence-electron chi connectivity index (χ4n) is 2.43. The second kappa shape index (κ2) is 8.21. The van der Waals surface area contributed by atoms with Gasteiger partial charge in [-0.3, -0.25) is 0 Å². The second-order valence-corrected chi connectivity index (χ2v) is 6.84. The van der Waals surface area contributed by atoms with E-state index in [1.807, 2.05) is 54.6 Å². The van der Waals surface area contributed by atoms with Crippen molar-refractivity contribution in [3.8, 4) is 11.6 Å². The van der Waals surface area contributed by atoms with Crippen LogP contribution in [0.5, 0.6) is 11.6 Å². The van der Waals surface area contributed by atoms with Crippen LogP contribution in [0.4, 0.5) is 0 Å². The number of hydrogen-bond donors (Lipinski definition) is 0. The van der Waals surface area contributed by atoms with Crippen molar-refractivity contribution in [3.05, 3.63) is 65.2 Å². The number of hydrogen-bond acceptors (Lipinski definition) is 3. The molecule has 3 nitrogen and oxygen atoms in total. The van der Waals surface area contributed by atoms with E-state index in [0.29, 0.717) is 35.8 Å². The zero-order valence-corrected chi connectivity index (χ0v) is 15.3. The van der Waals surface area contributed by atoms with E-state index < -0.39 is 0 Å². The van der Waals surface area contributed by atoms with Crippen LogP contribution in [0.1, 0.15) is 25.8 Å². The molecule has 0 saturated heterocycles. The van der Waals surface area contributed by atoms with Gasteiger partial charge in [0.1, 0.15) is 12.4 Å². The Morgan fingerprint density at radius 3 is 2.56 bits per heavy atom. The molecule has 3 aromatic rings. The van der Waals surface area contributed by atoms with E-state index in [4.69, 9.17) is 21.1 Å². The lowest BCUT2D eigenvalue weighted by Crippen LogP contribution is -2.02. The number of benzene rings is 2. The standard InChI is InChI=1S/C21H22ClNO2/c1-15(2)10-11-24-21-9-8-17-12-20(18(22)13-19(17)23-21)25-14-16-6-4-3-5-7-16/h3-9,12-13,15H,10-11,14H2,1-2H3. The van der Waals surface area contributed by atoms with Crippen molar-refractivity contribution in [2.75, 3.05) is 6.61 Å². The Morgan fingerprint density at radius 2 is 1.80 bits per heavy atom. The summed E-state index contributed by atoms with van der Waals surface area (Å²) in [5.41, 5.74) is 1.91. The fraction of sp³-hybridized carbons (Fsp3) is 0.286. The molecule has 0 unspecified atom stereocenters. The van der Waals surface area contributed by atoms with Crippen molar-refractivity contribution < 1.29 is 9.47 Å². The Balaban J connectivity index is 1.73. The maximum absolute atomic E-state index is 6.36. The second-order valence-electron chi connectivity index (χ2n) is 6.43. The number of halogens is 1. The number of fused-ring (bicyclic) bond motifs is 1. The van der Waals surface area contributed by atoms with Crippen molar-refractivity contribution in [2.45, 2.75) is 26.9 Å². The third-order valence-electron chi connectivity index (χ3n) is 3.90. The maximum Gasteiger partial charge on any atom is 0.213 e. The SMILES string of the molecule is CC(C)CCOc1ccc2cc(OCc3ccccc3)c(Cl)cc2n1. The van der Waals surface area contributed by atoms with Gasteiger partial charge in [-0.05, 0) is 36.1 Å². The van der Waals surface area contributed by atoms with Gasteiger partial charge in [0.2, 0.25) is 5.88 Å². The molecule has 0 aliphatic carbocycles. The van der Waals surface area contributed by atoms with E-state index in [1.165, 1.54) is 0 Å². The van der Waals surface area contributed by atoms with Gasteiger partial charge in [-0.2, -0.15) is 0 Å². The molecule has 1 heterocycles. The van der Waals surface area contributed by atoms with Crippen molar-refractivity contribution >= 4 is 22.5 Å². The molecule has 4 heteroatoms. The Hall–Kier alpha value is -2.26. The van der Waals surface area contributed by atoms with E-state index in [0.717, 1.165) is 22.9 Å². The first kappa shape index (κ1) is 17.6. The maximum atomic E-state index is 6.36. The van der Waals surface area contributed by atoms with Crippen LogP contribution in [-0.2, 0) is 6.61 Å². The summed E-state index contributed by atoms with van der Waals surface area (Å²) in [6.07, 6.45) is 1.01. The van der Waals surface area contributed by atoms with Gasteiger partial charge in [0, 0.05) is 11.5 Å². The monoisotopic (exact) mass is 355 g/mol. The van der Waals surface area contributed by atoms with Gasteiger partial charge in [0.25, 0.3) is 0 Å². The van der Waals surface area contributed by atoms with Gasteiger partial charge in [-0.15, -0.1) is 0 Å². The highest BCUT2D eigenvalue weighted by atomic mass is 35.5. The van der Waals surface area contributed by atoms with Crippen molar-refractivity contribution in [3.63, 3.8) is 0 Å². The predicted octanol–water partition coefficient (Wildman–Crippen LogP) is 5.89. The zero-order chi connectivity index (χ0) is 17.6. The minimum absolute atomic E-state index is 0.482. The summed E-state index contributed by atoms with van der Waals surface area (Å²) >= 11 is 6.36. The fourth-order valence-corrected chi connectivity index (χ4v) is 2.64. The first-order valence-electron chi connectivity index (χ1n) is 8.51. The molecular weight excluding hydrogens is 334 g/mol. The zero-order valence-electron chi connectivity index (χ0n) is 14.5. The Kier molecular flexibility index (Phi) is 5.77. The summed E-state index contributed by atoms with van der Waals surface area (Å²) in [6.45, 7) is 5.50. The van der Waals surface area contributed by atoms with E-state index in [-0.39, 0.29) is 0 Å². The highest BCUT2D eigenvalue weighted by Gasteiger charge is 2.08. The van der Waals surface area contributed by atoms with Gasteiger partial charge in [-0.1, -0.05) is 55.8 Å². The largest absolute Gasteiger partial charge is 0.487 e. The van der Waals surface area contributed by atoms with Gasteiger partial charge in [0.15, 0.2) is 0 Å². The van der Waals surface area contributed by atoms with E-state index in [1.54, 1.807) is 0 Å². The summed E-state index contributed by atoms with van der Waals surface area (Å²) < 4.78 is 11.6. The Bertz CT molecular complexity index is 834. The molecule has 0 bridgehead atoms. The lowest BCUT2D eigenvalue weighted by atomic mass is 10.1. The molecule has 25 heavy (non-hydrogen) atoms. The van der Waals surface area contributed by atoms with Crippen LogP contribution < -0.4 is 9.47 Å². The molecule has 1 aromatic heterocycles. The average molecular weight is 356 g/mol. The summed E-state index contributed by atoms with van der Waals surface area (Å²) in [5, 5.41) is 1.53.